The van der Waals surface area contributed by atoms with Gasteiger partial charge in [-0.05, 0) is 25.0 Å². The van der Waals surface area contributed by atoms with Crippen molar-refractivity contribution in [3.8, 4) is 12.1 Å². The van der Waals surface area contributed by atoms with Crippen molar-refractivity contribution in [2.75, 3.05) is 24.2 Å². The molecule has 0 bridgehead atoms. The van der Waals surface area contributed by atoms with Gasteiger partial charge < -0.3 is 10.6 Å². The Morgan fingerprint density at radius 2 is 1.91 bits per heavy atom. The number of nitriles is 2. The first kappa shape index (κ1) is 16.2. The average molecular weight is 316 g/mol. The number of anilines is 2. The summed E-state index contributed by atoms with van der Waals surface area (Å²) >= 11 is 0. The summed E-state index contributed by atoms with van der Waals surface area (Å²) in [4.78, 5) is 1.43. The summed E-state index contributed by atoms with van der Waals surface area (Å²) in [5.41, 5.74) is 6.18. The molecule has 0 aliphatic carbocycles. The molecule has 1 aromatic heterocycles. The highest BCUT2D eigenvalue weighted by atomic mass is 19.1. The Morgan fingerprint density at radius 3 is 2.48 bits per heavy atom. The number of aromatic nitrogens is 2. The van der Waals surface area contributed by atoms with Crippen molar-refractivity contribution in [3.63, 3.8) is 0 Å². The van der Waals surface area contributed by atoms with E-state index in [0.717, 1.165) is 12.1 Å². The standard InChI is InChI=1S/C15H14F2N6/c1-23(14-11(16)5-9(7-18)6-12(14)17)4-2-3-13-10(8-19)15(20)22-21-13/h5-6H,2-4H2,1H3,(H3,20,21,22). The van der Waals surface area contributed by atoms with E-state index in [4.69, 9.17) is 16.3 Å². The third-order valence-corrected chi connectivity index (χ3v) is 3.43. The number of rotatable bonds is 5. The SMILES string of the molecule is CN(CCCc1[nH]nc(N)c1C#N)c1c(F)cc(C#N)cc1F. The number of aryl methyl sites for hydroxylation is 1. The molecule has 0 atom stereocenters. The van der Waals surface area contributed by atoms with E-state index in [-0.39, 0.29) is 17.1 Å². The zero-order valence-corrected chi connectivity index (χ0v) is 12.4. The number of aromatic amines is 1. The Kier molecular flexibility index (Phi) is 4.77. The number of hydrogen-bond acceptors (Lipinski definition) is 5. The molecule has 0 aliphatic heterocycles. The van der Waals surface area contributed by atoms with Crippen LogP contribution < -0.4 is 10.6 Å². The van der Waals surface area contributed by atoms with Gasteiger partial charge in [-0.25, -0.2) is 8.78 Å². The summed E-state index contributed by atoms with van der Waals surface area (Å²) < 4.78 is 27.8. The second-order valence-corrected chi connectivity index (χ2v) is 5.00. The molecule has 0 unspecified atom stereocenters. The number of nitrogens with zero attached hydrogens (tertiary/aromatic N) is 4. The van der Waals surface area contributed by atoms with Gasteiger partial charge in [-0.15, -0.1) is 0 Å². The fourth-order valence-corrected chi connectivity index (χ4v) is 2.30. The predicted octanol–water partition coefficient (Wildman–Crippen LogP) is 2.08. The molecule has 6 nitrogen and oxygen atoms in total. The lowest BCUT2D eigenvalue weighted by atomic mass is 10.1. The number of benzene rings is 1. The number of nitrogen functional groups attached to an aromatic ring is 1. The first-order valence-electron chi connectivity index (χ1n) is 6.81. The highest BCUT2D eigenvalue weighted by Crippen LogP contribution is 2.24. The van der Waals surface area contributed by atoms with Crippen molar-refractivity contribution in [1.82, 2.24) is 10.2 Å². The topological polar surface area (TPSA) is 106 Å². The minimum absolute atomic E-state index is 0.0660. The van der Waals surface area contributed by atoms with Crippen LogP contribution in [0.4, 0.5) is 20.3 Å². The molecular formula is C15H14F2N6. The maximum Gasteiger partial charge on any atom is 0.163 e. The molecule has 0 radical (unpaired) electrons. The molecule has 0 saturated heterocycles. The normalized spacial score (nSPS) is 10.1. The first-order valence-corrected chi connectivity index (χ1v) is 6.81. The first-order chi connectivity index (χ1) is 11.0. The second kappa shape index (κ2) is 6.75. The molecule has 1 aromatic carbocycles. The van der Waals surface area contributed by atoms with Gasteiger partial charge in [0, 0.05) is 13.6 Å². The van der Waals surface area contributed by atoms with Crippen LogP contribution in [-0.2, 0) is 6.42 Å². The van der Waals surface area contributed by atoms with Crippen molar-refractivity contribution in [1.29, 1.82) is 10.5 Å². The monoisotopic (exact) mass is 316 g/mol. The van der Waals surface area contributed by atoms with Gasteiger partial charge in [0.05, 0.1) is 17.3 Å². The minimum atomic E-state index is -0.785. The molecule has 8 heteroatoms. The van der Waals surface area contributed by atoms with Gasteiger partial charge in [0.1, 0.15) is 17.3 Å². The van der Waals surface area contributed by atoms with Crippen LogP contribution >= 0.6 is 0 Å². The zero-order chi connectivity index (χ0) is 17.0. The van der Waals surface area contributed by atoms with Crippen LogP contribution in [0.2, 0.25) is 0 Å². The zero-order valence-electron chi connectivity index (χ0n) is 12.4. The van der Waals surface area contributed by atoms with E-state index in [0.29, 0.717) is 30.6 Å². The molecule has 0 spiro atoms. The molecular weight excluding hydrogens is 302 g/mol. The van der Waals surface area contributed by atoms with E-state index >= 15 is 0 Å². The van der Waals surface area contributed by atoms with Crippen LogP contribution in [0.25, 0.3) is 0 Å². The van der Waals surface area contributed by atoms with Gasteiger partial charge in [0.2, 0.25) is 0 Å². The molecule has 23 heavy (non-hydrogen) atoms. The summed E-state index contributed by atoms with van der Waals surface area (Å²) in [5.74, 6) is -1.43. The molecule has 0 saturated carbocycles. The quantitative estimate of drug-likeness (QED) is 0.878. The van der Waals surface area contributed by atoms with Crippen molar-refractivity contribution < 1.29 is 8.78 Å². The number of halogens is 2. The molecule has 3 N–H and O–H groups in total. The number of nitrogens with two attached hydrogens (primary N) is 1. The van der Waals surface area contributed by atoms with Gasteiger partial charge in [-0.2, -0.15) is 15.6 Å². The Bertz CT molecular complexity index is 776. The summed E-state index contributed by atoms with van der Waals surface area (Å²) in [6, 6.07) is 5.66. The van der Waals surface area contributed by atoms with E-state index < -0.39 is 11.6 Å². The summed E-state index contributed by atoms with van der Waals surface area (Å²) in [7, 11) is 1.56. The summed E-state index contributed by atoms with van der Waals surface area (Å²) in [6.07, 6.45) is 1.00. The van der Waals surface area contributed by atoms with E-state index in [9.17, 15) is 8.78 Å². The van der Waals surface area contributed by atoms with Crippen molar-refractivity contribution in [2.24, 2.45) is 0 Å². The van der Waals surface area contributed by atoms with E-state index in [1.807, 2.05) is 6.07 Å². The highest BCUT2D eigenvalue weighted by molar-refractivity contribution is 5.52. The van der Waals surface area contributed by atoms with Crippen LogP contribution in [0.1, 0.15) is 23.2 Å². The fraction of sp³-hybridized carbons (Fsp3) is 0.267. The lowest BCUT2D eigenvalue weighted by Crippen LogP contribution is -2.22. The van der Waals surface area contributed by atoms with Crippen LogP contribution in [0.3, 0.4) is 0 Å². The number of hydrogen-bond donors (Lipinski definition) is 2. The molecule has 0 aliphatic rings. The van der Waals surface area contributed by atoms with E-state index in [2.05, 4.69) is 10.2 Å². The van der Waals surface area contributed by atoms with Crippen molar-refractivity contribution >= 4 is 11.5 Å². The second-order valence-electron chi connectivity index (χ2n) is 5.00. The highest BCUT2D eigenvalue weighted by Gasteiger charge is 2.16. The van der Waals surface area contributed by atoms with Crippen molar-refractivity contribution in [2.45, 2.75) is 12.8 Å². The van der Waals surface area contributed by atoms with Crippen LogP contribution in [0.5, 0.6) is 0 Å². The van der Waals surface area contributed by atoms with Gasteiger partial charge >= 0.3 is 0 Å². The van der Waals surface area contributed by atoms with E-state index in [1.54, 1.807) is 13.1 Å². The number of nitrogens with one attached hydrogen (secondary N) is 1. The lowest BCUT2D eigenvalue weighted by molar-refractivity contribution is 0.574. The van der Waals surface area contributed by atoms with Crippen LogP contribution in [0, 0.1) is 34.3 Å². The average Bonchev–Trinajstić information content (AvgIpc) is 2.86. The summed E-state index contributed by atoms with van der Waals surface area (Å²) in [5, 5.41) is 24.1. The predicted molar refractivity (Wildman–Crippen MR) is 80.4 cm³/mol. The van der Waals surface area contributed by atoms with Gasteiger partial charge in [0.15, 0.2) is 17.5 Å². The molecule has 0 fully saturated rings. The number of H-pyrrole nitrogens is 1. The smallest absolute Gasteiger partial charge is 0.163 e. The Balaban J connectivity index is 2.05. The van der Waals surface area contributed by atoms with Crippen LogP contribution in [-0.4, -0.2) is 23.8 Å². The van der Waals surface area contributed by atoms with E-state index in [1.165, 1.54) is 4.90 Å². The summed E-state index contributed by atoms with van der Waals surface area (Å²) in [6.45, 7) is 0.351. The largest absolute Gasteiger partial charge is 0.381 e. The molecule has 2 rings (SSSR count). The third-order valence-electron chi connectivity index (χ3n) is 3.43. The lowest BCUT2D eigenvalue weighted by Gasteiger charge is -2.20. The maximum atomic E-state index is 13.9. The van der Waals surface area contributed by atoms with Crippen LogP contribution in [0.15, 0.2) is 12.1 Å². The van der Waals surface area contributed by atoms with Gasteiger partial charge in [-0.1, -0.05) is 0 Å². The molecule has 0 amide bonds. The molecule has 118 valence electrons. The molecule has 2 aromatic rings. The molecule has 1 heterocycles. The Morgan fingerprint density at radius 1 is 1.26 bits per heavy atom. The Labute approximate surface area is 131 Å². The van der Waals surface area contributed by atoms with Gasteiger partial charge in [0.25, 0.3) is 0 Å². The maximum absolute atomic E-state index is 13.9. The third kappa shape index (κ3) is 3.38. The minimum Gasteiger partial charge on any atom is -0.381 e. The Hall–Kier alpha value is -3.13. The fourth-order valence-electron chi connectivity index (χ4n) is 2.30. The van der Waals surface area contributed by atoms with Crippen molar-refractivity contribution in [3.05, 3.63) is 40.6 Å². The van der Waals surface area contributed by atoms with Gasteiger partial charge in [-0.3, -0.25) is 5.10 Å².